The summed E-state index contributed by atoms with van der Waals surface area (Å²) in [6.45, 7) is 2.69. The van der Waals surface area contributed by atoms with Gasteiger partial charge in [0.15, 0.2) is 0 Å². The average Bonchev–Trinajstić information content (AvgIpc) is 2.77. The van der Waals surface area contributed by atoms with E-state index in [1.165, 1.54) is 12.3 Å². The van der Waals surface area contributed by atoms with E-state index in [9.17, 15) is 4.79 Å². The summed E-state index contributed by atoms with van der Waals surface area (Å²) in [6, 6.07) is 3.24. The van der Waals surface area contributed by atoms with E-state index in [2.05, 4.69) is 15.3 Å². The predicted molar refractivity (Wildman–Crippen MR) is 63.0 cm³/mol. The number of furan rings is 1. The Balaban J connectivity index is 1.92. The fourth-order valence-corrected chi connectivity index (χ4v) is 1.58. The molecule has 0 amide bonds. The molecule has 0 aliphatic carbocycles. The van der Waals surface area contributed by atoms with Crippen molar-refractivity contribution in [3.05, 3.63) is 47.4 Å². The Morgan fingerprint density at radius 2 is 2.28 bits per heavy atom. The van der Waals surface area contributed by atoms with Crippen LogP contribution in [0.5, 0.6) is 0 Å². The number of aromatic carboxylic acids is 1. The van der Waals surface area contributed by atoms with E-state index in [1.807, 2.05) is 6.92 Å². The summed E-state index contributed by atoms with van der Waals surface area (Å²) in [5.74, 6) is 0.130. The predicted octanol–water partition coefficient (Wildman–Crippen LogP) is 1.37. The highest BCUT2D eigenvalue weighted by atomic mass is 16.4. The van der Waals surface area contributed by atoms with E-state index in [1.54, 1.807) is 12.3 Å². The molecule has 0 saturated heterocycles. The highest BCUT2D eigenvalue weighted by molar-refractivity contribution is 5.88. The minimum atomic E-state index is -0.988. The standard InChI is InChI=1S/C12H13N3O3/c1-8-14-4-2-9(15-8)6-13-7-11-10(12(16)17)3-5-18-11/h2-5,13H,6-7H2,1H3,(H,16,17). The summed E-state index contributed by atoms with van der Waals surface area (Å²) in [7, 11) is 0. The molecule has 0 saturated carbocycles. The van der Waals surface area contributed by atoms with Crippen LogP contribution in [0.2, 0.25) is 0 Å². The lowest BCUT2D eigenvalue weighted by molar-refractivity contribution is 0.0694. The minimum absolute atomic E-state index is 0.182. The largest absolute Gasteiger partial charge is 0.478 e. The lowest BCUT2D eigenvalue weighted by Gasteiger charge is -2.03. The monoisotopic (exact) mass is 247 g/mol. The Hall–Kier alpha value is -2.21. The molecule has 6 heteroatoms. The number of aryl methyl sites for hydroxylation is 1. The Kier molecular flexibility index (Phi) is 3.69. The van der Waals surface area contributed by atoms with E-state index in [0.717, 1.165) is 5.69 Å². The van der Waals surface area contributed by atoms with Crippen molar-refractivity contribution in [2.75, 3.05) is 0 Å². The molecule has 18 heavy (non-hydrogen) atoms. The van der Waals surface area contributed by atoms with Crippen molar-refractivity contribution in [1.29, 1.82) is 0 Å². The minimum Gasteiger partial charge on any atom is -0.478 e. The first-order valence-corrected chi connectivity index (χ1v) is 5.45. The van der Waals surface area contributed by atoms with Crippen LogP contribution in [0.25, 0.3) is 0 Å². The summed E-state index contributed by atoms with van der Waals surface area (Å²) < 4.78 is 5.11. The highest BCUT2D eigenvalue weighted by Crippen LogP contribution is 2.10. The van der Waals surface area contributed by atoms with E-state index in [4.69, 9.17) is 9.52 Å². The SMILES string of the molecule is Cc1nccc(CNCc2occc2C(=O)O)n1. The molecule has 0 spiro atoms. The van der Waals surface area contributed by atoms with Crippen LogP contribution in [0.1, 0.15) is 27.6 Å². The molecule has 0 bridgehead atoms. The third-order valence-corrected chi connectivity index (χ3v) is 2.40. The second-order valence-corrected chi connectivity index (χ2v) is 3.76. The van der Waals surface area contributed by atoms with Crippen molar-refractivity contribution >= 4 is 5.97 Å². The number of rotatable bonds is 5. The molecule has 0 fully saturated rings. The van der Waals surface area contributed by atoms with Crippen molar-refractivity contribution < 1.29 is 14.3 Å². The molecule has 2 rings (SSSR count). The molecule has 2 N–H and O–H groups in total. The maximum atomic E-state index is 10.9. The first-order valence-electron chi connectivity index (χ1n) is 5.45. The Morgan fingerprint density at radius 3 is 3.00 bits per heavy atom. The fraction of sp³-hybridized carbons (Fsp3) is 0.250. The molecule has 2 heterocycles. The molecule has 94 valence electrons. The van der Waals surface area contributed by atoms with Crippen molar-refractivity contribution in [2.24, 2.45) is 0 Å². The second kappa shape index (κ2) is 5.42. The van der Waals surface area contributed by atoms with Gasteiger partial charge in [-0.1, -0.05) is 0 Å². The number of hydrogen-bond donors (Lipinski definition) is 2. The van der Waals surface area contributed by atoms with Crippen molar-refractivity contribution in [3.63, 3.8) is 0 Å². The lowest BCUT2D eigenvalue weighted by atomic mass is 10.2. The number of nitrogens with zero attached hydrogens (tertiary/aromatic N) is 2. The molecule has 0 radical (unpaired) electrons. The maximum absolute atomic E-state index is 10.9. The molecule has 2 aromatic rings. The van der Waals surface area contributed by atoms with Crippen LogP contribution >= 0.6 is 0 Å². The van der Waals surface area contributed by atoms with Gasteiger partial charge in [0.2, 0.25) is 0 Å². The Morgan fingerprint density at radius 1 is 1.44 bits per heavy atom. The molecule has 0 atom stereocenters. The summed E-state index contributed by atoms with van der Waals surface area (Å²) in [4.78, 5) is 19.1. The van der Waals surface area contributed by atoms with Crippen LogP contribution in [0.4, 0.5) is 0 Å². The zero-order valence-corrected chi connectivity index (χ0v) is 9.88. The van der Waals surface area contributed by atoms with Gasteiger partial charge in [-0.15, -0.1) is 0 Å². The second-order valence-electron chi connectivity index (χ2n) is 3.76. The number of carboxylic acids is 1. The molecule has 0 unspecified atom stereocenters. The van der Waals surface area contributed by atoms with Gasteiger partial charge in [0, 0.05) is 12.7 Å². The zero-order chi connectivity index (χ0) is 13.0. The number of hydrogen-bond acceptors (Lipinski definition) is 5. The van der Waals surface area contributed by atoms with Gasteiger partial charge in [-0.25, -0.2) is 14.8 Å². The summed E-state index contributed by atoms with van der Waals surface area (Å²) in [6.07, 6.45) is 3.06. The highest BCUT2D eigenvalue weighted by Gasteiger charge is 2.12. The lowest BCUT2D eigenvalue weighted by Crippen LogP contribution is -2.15. The molecule has 2 aromatic heterocycles. The summed E-state index contributed by atoms with van der Waals surface area (Å²) in [5, 5.41) is 12.0. The molecular formula is C12H13N3O3. The Labute approximate surface area is 104 Å². The molecule has 0 aliphatic heterocycles. The normalized spacial score (nSPS) is 10.5. The van der Waals surface area contributed by atoms with E-state index in [0.29, 0.717) is 24.7 Å². The van der Waals surface area contributed by atoms with Gasteiger partial charge >= 0.3 is 5.97 Å². The van der Waals surface area contributed by atoms with Gasteiger partial charge in [0.05, 0.1) is 18.5 Å². The first kappa shape index (κ1) is 12.3. The van der Waals surface area contributed by atoms with Crippen LogP contribution in [-0.4, -0.2) is 21.0 Å². The van der Waals surface area contributed by atoms with E-state index >= 15 is 0 Å². The Bertz CT molecular complexity index is 551. The van der Waals surface area contributed by atoms with Crippen molar-refractivity contribution in [2.45, 2.75) is 20.0 Å². The van der Waals surface area contributed by atoms with Gasteiger partial charge in [-0.05, 0) is 19.1 Å². The molecule has 6 nitrogen and oxygen atoms in total. The van der Waals surface area contributed by atoms with Gasteiger partial charge in [-0.2, -0.15) is 0 Å². The number of nitrogens with one attached hydrogen (secondary N) is 1. The number of aromatic nitrogens is 2. The van der Waals surface area contributed by atoms with Gasteiger partial charge < -0.3 is 14.8 Å². The van der Waals surface area contributed by atoms with Crippen LogP contribution in [0.3, 0.4) is 0 Å². The number of carbonyl (C=O) groups is 1. The van der Waals surface area contributed by atoms with Gasteiger partial charge in [0.25, 0.3) is 0 Å². The van der Waals surface area contributed by atoms with Gasteiger partial charge in [0.1, 0.15) is 17.1 Å². The molecule has 0 aliphatic rings. The van der Waals surface area contributed by atoms with Crippen LogP contribution in [0.15, 0.2) is 29.0 Å². The third kappa shape index (κ3) is 2.92. The smallest absolute Gasteiger partial charge is 0.339 e. The fourth-order valence-electron chi connectivity index (χ4n) is 1.58. The van der Waals surface area contributed by atoms with Crippen molar-refractivity contribution in [3.8, 4) is 0 Å². The average molecular weight is 247 g/mol. The topological polar surface area (TPSA) is 88.2 Å². The van der Waals surface area contributed by atoms with E-state index < -0.39 is 5.97 Å². The van der Waals surface area contributed by atoms with Crippen molar-refractivity contribution in [1.82, 2.24) is 15.3 Å². The molecule has 0 aromatic carbocycles. The third-order valence-electron chi connectivity index (χ3n) is 2.40. The zero-order valence-electron chi connectivity index (χ0n) is 9.88. The van der Waals surface area contributed by atoms with Crippen LogP contribution in [0, 0.1) is 6.92 Å². The summed E-state index contributed by atoms with van der Waals surface area (Å²) in [5.41, 5.74) is 1.03. The van der Waals surface area contributed by atoms with Gasteiger partial charge in [-0.3, -0.25) is 0 Å². The quantitative estimate of drug-likeness (QED) is 0.829. The molecular weight excluding hydrogens is 234 g/mol. The van der Waals surface area contributed by atoms with E-state index in [-0.39, 0.29) is 5.56 Å². The maximum Gasteiger partial charge on any atom is 0.339 e. The van der Waals surface area contributed by atoms with Crippen LogP contribution in [-0.2, 0) is 13.1 Å². The summed E-state index contributed by atoms with van der Waals surface area (Å²) >= 11 is 0. The first-order chi connectivity index (χ1) is 8.66. The van der Waals surface area contributed by atoms with Crippen LogP contribution < -0.4 is 5.32 Å². The number of carboxylic acid groups (broad SMARTS) is 1.